The first-order valence-corrected chi connectivity index (χ1v) is 8.34. The van der Waals surface area contributed by atoms with Gasteiger partial charge in [-0.3, -0.25) is 9.78 Å². The minimum atomic E-state index is -0.438. The maximum Gasteiger partial charge on any atom is 0.241 e. The highest BCUT2D eigenvalue weighted by molar-refractivity contribution is 5.85. The second-order valence-corrected chi connectivity index (χ2v) is 5.96. The zero-order valence-electron chi connectivity index (χ0n) is 14.5. The molecule has 1 aromatic heterocycles. The third-order valence-electron chi connectivity index (χ3n) is 4.30. The van der Waals surface area contributed by atoms with Gasteiger partial charge in [0, 0.05) is 31.4 Å². The number of amides is 1. The number of rotatable bonds is 5. The molecule has 0 radical (unpaired) electrons. The van der Waals surface area contributed by atoms with Crippen LogP contribution >= 0.6 is 12.4 Å². The molecule has 0 aliphatic carbocycles. The number of hydrogen-bond donors (Lipinski definition) is 1. The van der Waals surface area contributed by atoms with Crippen molar-refractivity contribution >= 4 is 18.3 Å². The van der Waals surface area contributed by atoms with Crippen LogP contribution in [-0.4, -0.2) is 47.5 Å². The van der Waals surface area contributed by atoms with E-state index >= 15 is 0 Å². The molecule has 1 aliphatic heterocycles. The van der Waals surface area contributed by atoms with E-state index in [0.717, 1.165) is 12.8 Å². The minimum Gasteiger partial charge on any atom is -0.434 e. The topological polar surface area (TPSA) is 67.4 Å². The molecule has 140 valence electrons. The van der Waals surface area contributed by atoms with Crippen molar-refractivity contribution in [3.8, 4) is 11.6 Å². The van der Waals surface area contributed by atoms with E-state index in [0.29, 0.717) is 31.2 Å². The van der Waals surface area contributed by atoms with Crippen molar-refractivity contribution in [1.82, 2.24) is 20.2 Å². The fourth-order valence-electron chi connectivity index (χ4n) is 2.99. The molecule has 1 saturated heterocycles. The molecule has 1 aliphatic rings. The Morgan fingerprint density at radius 3 is 2.65 bits per heavy atom. The zero-order valence-corrected chi connectivity index (χ0v) is 15.3. The van der Waals surface area contributed by atoms with Gasteiger partial charge >= 0.3 is 0 Å². The summed E-state index contributed by atoms with van der Waals surface area (Å²) in [7, 11) is 1.76. The number of likely N-dealkylation sites (N-methyl/N-ethyl adjacent to an activating group) is 1. The summed E-state index contributed by atoms with van der Waals surface area (Å²) < 4.78 is 19.5. The van der Waals surface area contributed by atoms with E-state index in [9.17, 15) is 9.18 Å². The van der Waals surface area contributed by atoms with Crippen molar-refractivity contribution in [2.75, 3.05) is 26.7 Å². The average Bonchev–Trinajstić information content (AvgIpc) is 2.64. The average molecular weight is 381 g/mol. The van der Waals surface area contributed by atoms with E-state index in [2.05, 4.69) is 15.3 Å². The molecule has 0 spiro atoms. The molecule has 8 heteroatoms. The lowest BCUT2D eigenvalue weighted by atomic mass is 9.93. The number of carbonyl (C=O) groups excluding carboxylic acids is 1. The Bertz CT molecular complexity index is 739. The van der Waals surface area contributed by atoms with Gasteiger partial charge in [-0.1, -0.05) is 12.1 Å². The summed E-state index contributed by atoms with van der Waals surface area (Å²) >= 11 is 0. The standard InChI is InChI=1S/C18H21FN4O2.ClH/c1-20-12-16(24)23-10-6-13(7-11-23)17-18(22-9-8-21-17)25-15-5-3-2-4-14(15)19;/h2-5,8-9,13,20H,6-7,10-12H2,1H3;1H. The van der Waals surface area contributed by atoms with Crippen LogP contribution in [0.4, 0.5) is 4.39 Å². The van der Waals surface area contributed by atoms with Crippen LogP contribution < -0.4 is 10.1 Å². The molecule has 0 unspecified atom stereocenters. The van der Waals surface area contributed by atoms with Crippen molar-refractivity contribution in [2.24, 2.45) is 0 Å². The maximum absolute atomic E-state index is 13.8. The number of carbonyl (C=O) groups is 1. The number of aromatic nitrogens is 2. The van der Waals surface area contributed by atoms with Gasteiger partial charge in [0.05, 0.1) is 6.54 Å². The quantitative estimate of drug-likeness (QED) is 0.863. The molecule has 0 saturated carbocycles. The Balaban J connectivity index is 0.00000243. The number of para-hydroxylation sites is 1. The highest BCUT2D eigenvalue weighted by Gasteiger charge is 2.27. The molecule has 6 nitrogen and oxygen atoms in total. The molecule has 1 fully saturated rings. The molecular weight excluding hydrogens is 359 g/mol. The van der Waals surface area contributed by atoms with E-state index in [4.69, 9.17) is 4.74 Å². The van der Waals surface area contributed by atoms with Gasteiger partial charge in [0.2, 0.25) is 11.8 Å². The lowest BCUT2D eigenvalue weighted by Gasteiger charge is -2.32. The third-order valence-corrected chi connectivity index (χ3v) is 4.30. The van der Waals surface area contributed by atoms with Crippen LogP contribution in [0.2, 0.25) is 0 Å². The van der Waals surface area contributed by atoms with Crippen LogP contribution in [0.5, 0.6) is 11.6 Å². The SMILES string of the molecule is CNCC(=O)N1CCC(c2nccnc2Oc2ccccc2F)CC1.Cl. The number of halogens is 2. The van der Waals surface area contributed by atoms with Gasteiger partial charge < -0.3 is 15.0 Å². The van der Waals surface area contributed by atoms with E-state index in [1.165, 1.54) is 12.3 Å². The van der Waals surface area contributed by atoms with Crippen LogP contribution in [-0.2, 0) is 4.79 Å². The summed E-state index contributed by atoms with van der Waals surface area (Å²) in [5.41, 5.74) is 0.714. The van der Waals surface area contributed by atoms with Crippen LogP contribution in [0, 0.1) is 5.82 Å². The smallest absolute Gasteiger partial charge is 0.241 e. The molecular formula is C18H22ClFN4O2. The largest absolute Gasteiger partial charge is 0.434 e. The Kier molecular flexibility index (Phi) is 7.29. The molecule has 0 atom stereocenters. The molecule has 26 heavy (non-hydrogen) atoms. The number of nitrogens with zero attached hydrogens (tertiary/aromatic N) is 3. The number of likely N-dealkylation sites (tertiary alicyclic amines) is 1. The Morgan fingerprint density at radius 2 is 1.96 bits per heavy atom. The first-order valence-electron chi connectivity index (χ1n) is 8.34. The van der Waals surface area contributed by atoms with Crippen molar-refractivity contribution in [3.05, 3.63) is 48.2 Å². The molecule has 1 N–H and O–H groups in total. The summed E-state index contributed by atoms with van der Waals surface area (Å²) in [5.74, 6) is 0.252. The number of benzene rings is 1. The third kappa shape index (κ3) is 4.68. The van der Waals surface area contributed by atoms with Crippen LogP contribution in [0.3, 0.4) is 0 Å². The van der Waals surface area contributed by atoms with Crippen molar-refractivity contribution in [2.45, 2.75) is 18.8 Å². The Morgan fingerprint density at radius 1 is 1.27 bits per heavy atom. The number of hydrogen-bond acceptors (Lipinski definition) is 5. The minimum absolute atomic E-state index is 0. The van der Waals surface area contributed by atoms with E-state index in [1.54, 1.807) is 31.4 Å². The predicted octanol–water partition coefficient (Wildman–Crippen LogP) is 2.76. The lowest BCUT2D eigenvalue weighted by Crippen LogP contribution is -2.42. The number of ether oxygens (including phenoxy) is 1. The number of piperidine rings is 1. The van der Waals surface area contributed by atoms with Gasteiger partial charge in [0.15, 0.2) is 11.6 Å². The highest BCUT2D eigenvalue weighted by atomic mass is 35.5. The summed E-state index contributed by atoms with van der Waals surface area (Å²) in [6.45, 7) is 1.68. The molecule has 3 rings (SSSR count). The summed E-state index contributed by atoms with van der Waals surface area (Å²) in [4.78, 5) is 22.4. The normalized spacial score (nSPS) is 14.6. The van der Waals surface area contributed by atoms with Crippen molar-refractivity contribution < 1.29 is 13.9 Å². The van der Waals surface area contributed by atoms with Gasteiger partial charge in [0.1, 0.15) is 5.69 Å². The first kappa shape index (κ1) is 20.1. The summed E-state index contributed by atoms with van der Waals surface area (Å²) in [6.07, 6.45) is 4.71. The van der Waals surface area contributed by atoms with Gasteiger partial charge in [-0.2, -0.15) is 0 Å². The monoisotopic (exact) mass is 380 g/mol. The summed E-state index contributed by atoms with van der Waals surface area (Å²) in [6, 6.07) is 6.22. The Hall–Kier alpha value is -2.25. The van der Waals surface area contributed by atoms with Gasteiger partial charge in [-0.15, -0.1) is 12.4 Å². The number of nitrogens with one attached hydrogen (secondary N) is 1. The first-order chi connectivity index (χ1) is 12.2. The lowest BCUT2D eigenvalue weighted by molar-refractivity contribution is -0.131. The molecule has 2 aromatic rings. The second-order valence-electron chi connectivity index (χ2n) is 5.96. The molecule has 2 heterocycles. The van der Waals surface area contributed by atoms with Crippen LogP contribution in [0.25, 0.3) is 0 Å². The maximum atomic E-state index is 13.8. The highest BCUT2D eigenvalue weighted by Crippen LogP contribution is 2.34. The van der Waals surface area contributed by atoms with Crippen LogP contribution in [0.1, 0.15) is 24.5 Å². The van der Waals surface area contributed by atoms with Gasteiger partial charge in [0.25, 0.3) is 0 Å². The molecule has 0 bridgehead atoms. The van der Waals surface area contributed by atoms with Gasteiger partial charge in [-0.05, 0) is 32.0 Å². The zero-order chi connectivity index (χ0) is 17.6. The van der Waals surface area contributed by atoms with Gasteiger partial charge in [-0.25, -0.2) is 9.37 Å². The second kappa shape index (κ2) is 9.45. The molecule has 1 amide bonds. The Labute approximate surface area is 158 Å². The fourth-order valence-corrected chi connectivity index (χ4v) is 2.99. The van der Waals surface area contributed by atoms with Crippen molar-refractivity contribution in [1.29, 1.82) is 0 Å². The fraction of sp³-hybridized carbons (Fsp3) is 0.389. The molecule has 1 aromatic carbocycles. The van der Waals surface area contributed by atoms with E-state index in [1.807, 2.05) is 4.90 Å². The van der Waals surface area contributed by atoms with E-state index in [-0.39, 0.29) is 30.0 Å². The van der Waals surface area contributed by atoms with Crippen molar-refractivity contribution in [3.63, 3.8) is 0 Å². The summed E-state index contributed by atoms with van der Waals surface area (Å²) in [5, 5.41) is 2.88. The van der Waals surface area contributed by atoms with E-state index < -0.39 is 5.82 Å². The predicted molar refractivity (Wildman–Crippen MR) is 98.2 cm³/mol. The van der Waals surface area contributed by atoms with Crippen LogP contribution in [0.15, 0.2) is 36.7 Å².